The molecule has 0 spiro atoms. The van der Waals surface area contributed by atoms with Crippen molar-refractivity contribution in [2.45, 2.75) is 25.7 Å². The minimum absolute atomic E-state index is 0.0344. The van der Waals surface area contributed by atoms with Gasteiger partial charge in [-0.1, -0.05) is 17.7 Å². The Hall–Kier alpha value is -2.07. The summed E-state index contributed by atoms with van der Waals surface area (Å²) < 4.78 is 5.80. The van der Waals surface area contributed by atoms with Gasteiger partial charge in [-0.25, -0.2) is 4.98 Å². The highest BCUT2D eigenvalue weighted by atomic mass is 35.5. The molecule has 108 valence electrons. The highest BCUT2D eigenvalue weighted by Gasteiger charge is 2.18. The van der Waals surface area contributed by atoms with E-state index in [0.717, 1.165) is 31.4 Å². The zero-order chi connectivity index (χ0) is 14.8. The maximum Gasteiger partial charge on any atom is 0.230 e. The molecule has 1 aliphatic carbocycles. The van der Waals surface area contributed by atoms with E-state index in [9.17, 15) is 0 Å². The Labute approximate surface area is 128 Å². The molecule has 21 heavy (non-hydrogen) atoms. The van der Waals surface area contributed by atoms with E-state index in [4.69, 9.17) is 27.5 Å². The van der Waals surface area contributed by atoms with Gasteiger partial charge in [0, 0.05) is 10.7 Å². The lowest BCUT2D eigenvalue weighted by atomic mass is 9.95. The second-order valence-corrected chi connectivity index (χ2v) is 5.56. The van der Waals surface area contributed by atoms with Crippen molar-refractivity contribution in [1.29, 1.82) is 5.41 Å². The number of nitrogens with zero attached hydrogens (tertiary/aromatic N) is 1. The minimum atomic E-state index is -0.0344. The number of fused-ring (bicyclic) bond motifs is 1. The third kappa shape index (κ3) is 3.00. The number of hydrogen-bond donors (Lipinski definition) is 2. The molecule has 0 fully saturated rings. The van der Waals surface area contributed by atoms with Crippen LogP contribution in [0.3, 0.4) is 0 Å². The number of aryl methyl sites for hydroxylation is 2. The Morgan fingerprint density at radius 1 is 1.24 bits per heavy atom. The molecule has 5 heteroatoms. The summed E-state index contributed by atoms with van der Waals surface area (Å²) in [5.41, 5.74) is 8.42. The van der Waals surface area contributed by atoms with Crippen LogP contribution in [0.1, 0.15) is 29.7 Å². The second-order valence-electron chi connectivity index (χ2n) is 5.13. The number of halogens is 1. The zero-order valence-corrected chi connectivity index (χ0v) is 12.3. The molecule has 1 aliphatic rings. The summed E-state index contributed by atoms with van der Waals surface area (Å²) in [7, 11) is 0. The van der Waals surface area contributed by atoms with Gasteiger partial charge in [-0.05, 0) is 55.5 Å². The fourth-order valence-corrected chi connectivity index (χ4v) is 2.71. The Bertz CT molecular complexity index is 700. The van der Waals surface area contributed by atoms with E-state index in [1.54, 1.807) is 18.2 Å². The topological polar surface area (TPSA) is 72.0 Å². The molecule has 0 bridgehead atoms. The van der Waals surface area contributed by atoms with Crippen LogP contribution in [0.2, 0.25) is 5.02 Å². The molecule has 1 heterocycles. The average molecular weight is 302 g/mol. The summed E-state index contributed by atoms with van der Waals surface area (Å²) in [5.74, 6) is 0.937. The van der Waals surface area contributed by atoms with E-state index in [0.29, 0.717) is 22.2 Å². The fourth-order valence-electron chi connectivity index (χ4n) is 2.53. The van der Waals surface area contributed by atoms with Crippen molar-refractivity contribution in [3.05, 3.63) is 52.2 Å². The van der Waals surface area contributed by atoms with Crippen LogP contribution >= 0.6 is 11.6 Å². The summed E-state index contributed by atoms with van der Waals surface area (Å²) in [5, 5.41) is 8.33. The maximum absolute atomic E-state index is 7.73. The predicted octanol–water partition coefficient (Wildman–Crippen LogP) is 3.69. The molecule has 0 atom stereocenters. The highest BCUT2D eigenvalue weighted by molar-refractivity contribution is 6.30. The van der Waals surface area contributed by atoms with Gasteiger partial charge in [0.2, 0.25) is 5.88 Å². The SMILES string of the molecule is N=C(N)c1cc2c(nc1Oc1cccc(Cl)c1)CCCC2. The van der Waals surface area contributed by atoms with E-state index >= 15 is 0 Å². The number of ether oxygens (including phenoxy) is 1. The number of aromatic nitrogens is 1. The van der Waals surface area contributed by atoms with Gasteiger partial charge in [-0.2, -0.15) is 0 Å². The number of pyridine rings is 1. The van der Waals surface area contributed by atoms with Crippen molar-refractivity contribution >= 4 is 17.4 Å². The van der Waals surface area contributed by atoms with Gasteiger partial charge in [0.15, 0.2) is 0 Å². The highest BCUT2D eigenvalue weighted by Crippen LogP contribution is 2.29. The Balaban J connectivity index is 2.01. The van der Waals surface area contributed by atoms with Crippen molar-refractivity contribution < 1.29 is 4.74 Å². The number of nitrogens with two attached hydrogens (primary N) is 1. The first kappa shape index (κ1) is 13.9. The van der Waals surface area contributed by atoms with Crippen LogP contribution in [0, 0.1) is 5.41 Å². The maximum atomic E-state index is 7.73. The summed E-state index contributed by atoms with van der Waals surface area (Å²) in [6.07, 6.45) is 4.22. The minimum Gasteiger partial charge on any atom is -0.438 e. The summed E-state index contributed by atoms with van der Waals surface area (Å²) >= 11 is 5.96. The monoisotopic (exact) mass is 301 g/mol. The third-order valence-corrected chi connectivity index (χ3v) is 3.80. The van der Waals surface area contributed by atoms with E-state index in [1.165, 1.54) is 5.56 Å². The van der Waals surface area contributed by atoms with E-state index < -0.39 is 0 Å². The van der Waals surface area contributed by atoms with Crippen molar-refractivity contribution in [3.63, 3.8) is 0 Å². The molecule has 0 aliphatic heterocycles. The Morgan fingerprint density at radius 2 is 2.05 bits per heavy atom. The molecule has 3 rings (SSSR count). The van der Waals surface area contributed by atoms with Gasteiger partial charge >= 0.3 is 0 Å². The molecule has 0 amide bonds. The Kier molecular flexibility index (Phi) is 3.80. The van der Waals surface area contributed by atoms with Crippen LogP contribution in [-0.2, 0) is 12.8 Å². The van der Waals surface area contributed by atoms with Crippen molar-refractivity contribution in [2.24, 2.45) is 5.73 Å². The van der Waals surface area contributed by atoms with E-state index in [1.807, 2.05) is 12.1 Å². The van der Waals surface area contributed by atoms with Crippen LogP contribution in [0.4, 0.5) is 0 Å². The van der Waals surface area contributed by atoms with E-state index in [2.05, 4.69) is 4.98 Å². The van der Waals surface area contributed by atoms with Gasteiger partial charge in [0.25, 0.3) is 0 Å². The number of amidine groups is 1. The van der Waals surface area contributed by atoms with Crippen LogP contribution in [-0.4, -0.2) is 10.8 Å². The third-order valence-electron chi connectivity index (χ3n) is 3.57. The number of nitrogens with one attached hydrogen (secondary N) is 1. The molecule has 4 nitrogen and oxygen atoms in total. The first-order chi connectivity index (χ1) is 10.1. The van der Waals surface area contributed by atoms with Crippen LogP contribution in [0.15, 0.2) is 30.3 Å². The number of rotatable bonds is 3. The lowest BCUT2D eigenvalue weighted by Crippen LogP contribution is -2.16. The zero-order valence-electron chi connectivity index (χ0n) is 11.5. The summed E-state index contributed by atoms with van der Waals surface area (Å²) in [4.78, 5) is 4.57. The smallest absolute Gasteiger partial charge is 0.230 e. The molecular weight excluding hydrogens is 286 g/mol. The van der Waals surface area contributed by atoms with Crippen molar-refractivity contribution in [3.8, 4) is 11.6 Å². The lowest BCUT2D eigenvalue weighted by Gasteiger charge is -2.18. The lowest BCUT2D eigenvalue weighted by molar-refractivity contribution is 0.456. The molecule has 0 saturated carbocycles. The second kappa shape index (κ2) is 5.74. The van der Waals surface area contributed by atoms with Gasteiger partial charge in [-0.15, -0.1) is 0 Å². The first-order valence-electron chi connectivity index (χ1n) is 6.94. The van der Waals surface area contributed by atoms with Crippen molar-refractivity contribution in [2.75, 3.05) is 0 Å². The standard InChI is InChI=1S/C16H16ClN3O/c17-11-5-3-6-12(9-11)21-16-13(15(18)19)8-10-4-1-2-7-14(10)20-16/h3,5-6,8-9H,1-2,4,7H2,(H3,18,19). The molecule has 2 aromatic rings. The normalized spacial score (nSPS) is 13.6. The molecule has 1 aromatic heterocycles. The van der Waals surface area contributed by atoms with Gasteiger partial charge < -0.3 is 10.5 Å². The summed E-state index contributed by atoms with van der Waals surface area (Å²) in [6.45, 7) is 0. The van der Waals surface area contributed by atoms with Crippen LogP contribution in [0.25, 0.3) is 0 Å². The van der Waals surface area contributed by atoms with Crippen LogP contribution < -0.4 is 10.5 Å². The van der Waals surface area contributed by atoms with Gasteiger partial charge in [0.05, 0.1) is 5.56 Å². The number of nitrogen functional groups attached to an aromatic ring is 1. The number of hydrogen-bond acceptors (Lipinski definition) is 3. The summed E-state index contributed by atoms with van der Waals surface area (Å²) in [6, 6.07) is 9.04. The predicted molar refractivity (Wildman–Crippen MR) is 83.4 cm³/mol. The molecule has 0 radical (unpaired) electrons. The average Bonchev–Trinajstić information content (AvgIpc) is 2.46. The number of benzene rings is 1. The van der Waals surface area contributed by atoms with Gasteiger partial charge in [0.1, 0.15) is 11.6 Å². The molecule has 3 N–H and O–H groups in total. The molecule has 0 unspecified atom stereocenters. The molecular formula is C16H16ClN3O. The van der Waals surface area contributed by atoms with Crippen LogP contribution in [0.5, 0.6) is 11.6 Å². The Morgan fingerprint density at radius 3 is 2.81 bits per heavy atom. The largest absolute Gasteiger partial charge is 0.438 e. The van der Waals surface area contributed by atoms with Gasteiger partial charge in [-0.3, -0.25) is 5.41 Å². The first-order valence-corrected chi connectivity index (χ1v) is 7.32. The molecule has 1 aromatic carbocycles. The van der Waals surface area contributed by atoms with Crippen molar-refractivity contribution in [1.82, 2.24) is 4.98 Å². The molecule has 0 saturated heterocycles. The fraction of sp³-hybridized carbons (Fsp3) is 0.250. The quantitative estimate of drug-likeness (QED) is 0.671. The van der Waals surface area contributed by atoms with E-state index in [-0.39, 0.29) is 5.84 Å².